The summed E-state index contributed by atoms with van der Waals surface area (Å²) in [5, 5.41) is 0. The second-order valence-electron chi connectivity index (χ2n) is 18.7. The molecule has 4 aromatic rings. The van der Waals surface area contributed by atoms with Crippen molar-refractivity contribution in [1.82, 2.24) is 19.9 Å². The van der Waals surface area contributed by atoms with Crippen LogP contribution in [-0.4, -0.2) is 19.9 Å². The molecule has 0 saturated heterocycles. The van der Waals surface area contributed by atoms with Gasteiger partial charge in [-0.15, -0.1) is 0 Å². The van der Waals surface area contributed by atoms with Crippen LogP contribution in [0.3, 0.4) is 0 Å². The molecule has 12 rings (SSSR count). The fourth-order valence-corrected chi connectivity index (χ4v) is 8.50. The number of rotatable bonds is 3. The Morgan fingerprint density at radius 1 is 0.333 bits per heavy atom. The lowest BCUT2D eigenvalue weighted by Crippen LogP contribution is -2.49. The van der Waals surface area contributed by atoms with Crippen LogP contribution in [0.25, 0.3) is 0 Å². The molecule has 8 bridgehead atoms. The van der Waals surface area contributed by atoms with Crippen molar-refractivity contribution in [3.05, 3.63) is 118 Å². The van der Waals surface area contributed by atoms with Crippen LogP contribution in [0.5, 0.6) is 0 Å². The highest BCUT2D eigenvalue weighted by atomic mass is 14.9. The highest BCUT2D eigenvalue weighted by molar-refractivity contribution is 5.44. The van der Waals surface area contributed by atoms with Gasteiger partial charge in [-0.1, -0.05) is 133 Å². The maximum absolute atomic E-state index is 5.33. The minimum atomic E-state index is -0.381. The van der Waals surface area contributed by atoms with Crippen LogP contribution < -0.4 is 0 Å². The molecule has 4 nitrogen and oxygen atoms in total. The molecule has 8 aliphatic rings. The molecule has 48 heavy (non-hydrogen) atoms. The minimum Gasteiger partial charge on any atom is -0.260 e. The lowest BCUT2D eigenvalue weighted by molar-refractivity contribution is 0.178. The van der Waals surface area contributed by atoms with Gasteiger partial charge < -0.3 is 0 Å². The van der Waals surface area contributed by atoms with Gasteiger partial charge in [-0.25, -0.2) is 9.97 Å². The second kappa shape index (κ2) is 10.6. The Morgan fingerprint density at radius 3 is 1.25 bits per heavy atom. The Hall–Kier alpha value is -3.40. The Bertz CT molecular complexity index is 1670. The first-order valence-corrected chi connectivity index (χ1v) is 17.9. The largest absolute Gasteiger partial charge is 0.260 e. The van der Waals surface area contributed by atoms with Crippen LogP contribution in [0, 0.1) is 0 Å². The van der Waals surface area contributed by atoms with Crippen molar-refractivity contribution in [2.45, 2.75) is 153 Å². The van der Waals surface area contributed by atoms with Gasteiger partial charge in [-0.2, -0.15) is 0 Å². The van der Waals surface area contributed by atoms with Crippen LogP contribution in [-0.2, 0) is 43.3 Å². The summed E-state index contributed by atoms with van der Waals surface area (Å²) in [7, 11) is 0. The van der Waals surface area contributed by atoms with E-state index in [9.17, 15) is 0 Å². The van der Waals surface area contributed by atoms with Gasteiger partial charge in [0.1, 0.15) is 5.82 Å². The molecule has 0 spiro atoms. The fraction of sp³-hybridized carbons (Fsp3) is 0.545. The molecule has 0 N–H and O–H groups in total. The zero-order valence-corrected chi connectivity index (χ0v) is 32.1. The first-order valence-electron chi connectivity index (χ1n) is 17.9. The molecule has 254 valence electrons. The molecule has 0 fully saturated rings. The number of pyridine rings is 2. The lowest BCUT2D eigenvalue weighted by Gasteiger charge is -2.50. The second-order valence-corrected chi connectivity index (χ2v) is 18.7. The molecular formula is C44H58N4. The Balaban J connectivity index is 1.51. The summed E-state index contributed by atoms with van der Waals surface area (Å²) in [5.74, 6) is 0.873. The average Bonchev–Trinajstić information content (AvgIpc) is 3.06. The number of hydrogen-bond acceptors (Lipinski definition) is 4. The number of hydrogen-bond donors (Lipinski definition) is 0. The fourth-order valence-electron chi connectivity index (χ4n) is 8.50. The predicted octanol–water partition coefficient (Wildman–Crippen LogP) is 10.4. The highest BCUT2D eigenvalue weighted by Crippen LogP contribution is 2.54. The molecule has 9 heterocycles. The smallest absolute Gasteiger partial charge is 0.134 e. The van der Waals surface area contributed by atoms with E-state index in [0.29, 0.717) is 0 Å². The standard InChI is InChI=1S/C44H58N4/c1-37(2)29-15-17-30(18-16-29)40(7,8)44(14,35-22-19-31(25-46-35)38(37,3)4)24-23-43(13)32-20-21-34(45-26-32)41(9,10)39(5,6)33-27-47-36(48-28-33)42(43,11)12/h15-22,25-28H,23-24H2,1-14H3. The summed E-state index contributed by atoms with van der Waals surface area (Å²) in [6.07, 6.45) is 10.3. The van der Waals surface area contributed by atoms with Crippen molar-refractivity contribution in [2.24, 2.45) is 0 Å². The average molecular weight is 643 g/mol. The molecular weight excluding hydrogens is 585 g/mol. The van der Waals surface area contributed by atoms with E-state index in [4.69, 9.17) is 19.9 Å². The summed E-state index contributed by atoms with van der Waals surface area (Å²) in [4.78, 5) is 20.8. The number of benzene rings is 1. The van der Waals surface area contributed by atoms with Gasteiger partial charge in [0, 0.05) is 74.1 Å². The van der Waals surface area contributed by atoms with E-state index in [1.165, 1.54) is 22.3 Å². The van der Waals surface area contributed by atoms with Crippen molar-refractivity contribution in [3.63, 3.8) is 0 Å². The monoisotopic (exact) mass is 642 g/mol. The number of nitrogens with zero attached hydrogens (tertiary/aromatic N) is 4. The van der Waals surface area contributed by atoms with Crippen LogP contribution >= 0.6 is 0 Å². The van der Waals surface area contributed by atoms with Crippen LogP contribution in [0.4, 0.5) is 0 Å². The van der Waals surface area contributed by atoms with Crippen molar-refractivity contribution in [2.75, 3.05) is 0 Å². The molecule has 0 amide bonds. The summed E-state index contributed by atoms with van der Waals surface area (Å²) in [6.45, 7) is 32.9. The minimum absolute atomic E-state index is 0.0654. The summed E-state index contributed by atoms with van der Waals surface area (Å²) in [6, 6.07) is 18.8. The molecule has 0 saturated carbocycles. The van der Waals surface area contributed by atoms with Gasteiger partial charge in [0.15, 0.2) is 0 Å². The Kier molecular flexibility index (Phi) is 7.57. The SMILES string of the molecule is CC1(C)c2ccc(cc2)C(C)(C)C(C)(CCC2(C)c3ccc(nc3)C(C)(C)C(C)(C)c3cnc(nc3)C2(C)C)c2ccc(cn2)C1(C)C. The van der Waals surface area contributed by atoms with E-state index in [0.717, 1.165) is 35.6 Å². The van der Waals surface area contributed by atoms with E-state index in [-0.39, 0.29) is 43.3 Å². The number of aromatic nitrogens is 4. The van der Waals surface area contributed by atoms with E-state index in [2.05, 4.69) is 170 Å². The lowest BCUT2D eigenvalue weighted by atomic mass is 9.54. The normalized spacial score (nSPS) is 27.0. The van der Waals surface area contributed by atoms with E-state index in [1.54, 1.807) is 0 Å². The van der Waals surface area contributed by atoms with E-state index < -0.39 is 0 Å². The quantitative estimate of drug-likeness (QED) is 0.223. The predicted molar refractivity (Wildman–Crippen MR) is 199 cm³/mol. The van der Waals surface area contributed by atoms with Crippen molar-refractivity contribution >= 4 is 0 Å². The summed E-state index contributed by atoms with van der Waals surface area (Å²) >= 11 is 0. The van der Waals surface area contributed by atoms with Crippen LogP contribution in [0.1, 0.15) is 155 Å². The summed E-state index contributed by atoms with van der Waals surface area (Å²) < 4.78 is 0. The Morgan fingerprint density at radius 2 is 0.729 bits per heavy atom. The van der Waals surface area contributed by atoms with Crippen molar-refractivity contribution in [1.29, 1.82) is 0 Å². The van der Waals surface area contributed by atoms with Gasteiger partial charge >= 0.3 is 0 Å². The Labute approximate surface area is 290 Å². The van der Waals surface area contributed by atoms with Gasteiger partial charge in [-0.05, 0) is 58.2 Å². The maximum Gasteiger partial charge on any atom is 0.134 e. The van der Waals surface area contributed by atoms with E-state index in [1.807, 2.05) is 0 Å². The van der Waals surface area contributed by atoms with Crippen LogP contribution in [0.2, 0.25) is 0 Å². The van der Waals surface area contributed by atoms with Crippen molar-refractivity contribution in [3.8, 4) is 0 Å². The third kappa shape index (κ3) is 4.53. The molecule has 2 aliphatic carbocycles. The third-order valence-electron chi connectivity index (χ3n) is 15.4. The van der Waals surface area contributed by atoms with Gasteiger partial charge in [-0.3, -0.25) is 9.97 Å². The summed E-state index contributed by atoms with van der Waals surface area (Å²) in [5.41, 5.74) is 6.78. The molecule has 2 unspecified atom stereocenters. The molecule has 6 aliphatic heterocycles. The topological polar surface area (TPSA) is 51.6 Å². The van der Waals surface area contributed by atoms with Crippen molar-refractivity contribution < 1.29 is 0 Å². The third-order valence-corrected chi connectivity index (χ3v) is 15.4. The zero-order chi connectivity index (χ0) is 35.3. The molecule has 1 aromatic carbocycles. The molecule has 0 radical (unpaired) electrons. The molecule has 2 atom stereocenters. The van der Waals surface area contributed by atoms with E-state index >= 15 is 0 Å². The highest BCUT2D eigenvalue weighted by Gasteiger charge is 2.52. The first-order chi connectivity index (χ1) is 22.0. The van der Waals surface area contributed by atoms with Gasteiger partial charge in [0.2, 0.25) is 0 Å². The van der Waals surface area contributed by atoms with Gasteiger partial charge in [0.05, 0.1) is 0 Å². The van der Waals surface area contributed by atoms with Crippen LogP contribution in [0.15, 0.2) is 73.3 Å². The maximum atomic E-state index is 5.33. The van der Waals surface area contributed by atoms with Gasteiger partial charge in [0.25, 0.3) is 0 Å². The molecule has 4 heteroatoms. The molecule has 3 aromatic heterocycles. The first kappa shape index (κ1) is 34.5. The zero-order valence-electron chi connectivity index (χ0n) is 32.1.